The smallest absolute Gasteiger partial charge is 0.411 e. The second-order valence-corrected chi connectivity index (χ2v) is 9.07. The molecule has 0 fully saturated rings. The highest BCUT2D eigenvalue weighted by Gasteiger charge is 2.23. The highest BCUT2D eigenvalue weighted by atomic mass is 35.5. The van der Waals surface area contributed by atoms with Gasteiger partial charge < -0.3 is 24.9 Å². The number of carbonyl (C=O) groups excluding carboxylic acids is 3. The molecule has 0 spiro atoms. The molecule has 2 bridgehead atoms. The average Bonchev–Trinajstić information content (AvgIpc) is 3.61. The molecular formula is C27H23ClN6O5. The average molecular weight is 547 g/mol. The molecule has 5 rings (SSSR count). The third-order valence-electron chi connectivity index (χ3n) is 5.94. The van der Waals surface area contributed by atoms with Gasteiger partial charge in [-0.1, -0.05) is 41.0 Å². The number of aromatic nitrogens is 3. The monoisotopic (exact) mass is 546 g/mol. The van der Waals surface area contributed by atoms with Crippen molar-refractivity contribution in [2.75, 3.05) is 17.7 Å². The van der Waals surface area contributed by atoms with Gasteiger partial charge in [-0.2, -0.15) is 0 Å². The van der Waals surface area contributed by atoms with E-state index in [0.29, 0.717) is 45.6 Å². The van der Waals surface area contributed by atoms with E-state index in [1.54, 1.807) is 60.8 Å². The Labute approximate surface area is 227 Å². The standard InChI is InChI=1S/C27H23ClN6O5/c1-38-27(37)30-17-9-10-18-21(12-17)31-24(35)8-3-2-7-19(25-29-14-22(18)32-25)33-26(36)23-13-20(34-39-23)15-5-4-6-16(28)11-15/h2-6,9-14,19H,7-8H2,1H3,(H,29,32)(H,30,37)(H,31,35)(H,33,36)/b3-2-. The van der Waals surface area contributed by atoms with Crippen LogP contribution in [-0.4, -0.2) is 40.1 Å². The molecule has 0 saturated carbocycles. The number of amides is 3. The van der Waals surface area contributed by atoms with Crippen molar-refractivity contribution in [2.24, 2.45) is 0 Å². The molecule has 4 N–H and O–H groups in total. The number of nitrogens with zero attached hydrogens (tertiary/aromatic N) is 2. The van der Waals surface area contributed by atoms with Crippen LogP contribution in [-0.2, 0) is 9.53 Å². The van der Waals surface area contributed by atoms with E-state index in [4.69, 9.17) is 16.1 Å². The Bertz CT molecular complexity index is 1580. The van der Waals surface area contributed by atoms with E-state index < -0.39 is 18.0 Å². The van der Waals surface area contributed by atoms with Gasteiger partial charge in [-0.3, -0.25) is 14.9 Å². The molecule has 1 aliphatic heterocycles. The molecule has 1 atom stereocenters. The number of carbonyl (C=O) groups is 3. The van der Waals surface area contributed by atoms with Crippen LogP contribution in [0.3, 0.4) is 0 Å². The summed E-state index contributed by atoms with van der Waals surface area (Å²) in [5.41, 5.74) is 3.36. The number of imidazole rings is 1. The number of H-pyrrole nitrogens is 1. The Morgan fingerprint density at radius 2 is 2.03 bits per heavy atom. The van der Waals surface area contributed by atoms with Gasteiger partial charge in [-0.05, 0) is 36.8 Å². The maximum absolute atomic E-state index is 13.1. The van der Waals surface area contributed by atoms with Gasteiger partial charge in [-0.25, -0.2) is 9.78 Å². The van der Waals surface area contributed by atoms with E-state index in [1.165, 1.54) is 7.11 Å². The van der Waals surface area contributed by atoms with Crippen molar-refractivity contribution in [1.29, 1.82) is 0 Å². The van der Waals surface area contributed by atoms with Crippen molar-refractivity contribution < 1.29 is 23.6 Å². The van der Waals surface area contributed by atoms with Gasteiger partial charge in [0, 0.05) is 34.3 Å². The first-order chi connectivity index (χ1) is 18.9. The van der Waals surface area contributed by atoms with E-state index in [-0.39, 0.29) is 18.1 Å². The number of aromatic amines is 1. The fourth-order valence-corrected chi connectivity index (χ4v) is 4.23. The van der Waals surface area contributed by atoms with Crippen LogP contribution in [0, 0.1) is 0 Å². The van der Waals surface area contributed by atoms with Crippen molar-refractivity contribution >= 4 is 40.9 Å². The molecule has 1 unspecified atom stereocenters. The number of methoxy groups -OCH3 is 1. The maximum atomic E-state index is 13.1. The third kappa shape index (κ3) is 5.99. The largest absolute Gasteiger partial charge is 0.453 e. The number of nitrogens with one attached hydrogen (secondary N) is 4. The number of hydrogen-bond donors (Lipinski definition) is 4. The summed E-state index contributed by atoms with van der Waals surface area (Å²) >= 11 is 6.06. The minimum Gasteiger partial charge on any atom is -0.453 e. The molecule has 39 heavy (non-hydrogen) atoms. The first-order valence-corrected chi connectivity index (χ1v) is 12.3. The lowest BCUT2D eigenvalue weighted by Crippen LogP contribution is -2.28. The predicted molar refractivity (Wildman–Crippen MR) is 144 cm³/mol. The normalized spacial score (nSPS) is 15.6. The summed E-state index contributed by atoms with van der Waals surface area (Å²) in [6, 6.07) is 13.1. The predicted octanol–water partition coefficient (Wildman–Crippen LogP) is 5.32. The van der Waals surface area contributed by atoms with E-state index >= 15 is 0 Å². The van der Waals surface area contributed by atoms with Crippen LogP contribution < -0.4 is 16.0 Å². The van der Waals surface area contributed by atoms with Crippen molar-refractivity contribution in [3.05, 3.63) is 83.5 Å². The summed E-state index contributed by atoms with van der Waals surface area (Å²) in [5.74, 6) is -0.191. The van der Waals surface area contributed by atoms with E-state index in [1.807, 2.05) is 6.07 Å². The van der Waals surface area contributed by atoms with E-state index in [2.05, 4.69) is 35.8 Å². The number of hydrogen-bond acceptors (Lipinski definition) is 7. The molecule has 0 radical (unpaired) electrons. The summed E-state index contributed by atoms with van der Waals surface area (Å²) in [6.07, 6.45) is 4.96. The Kier molecular flexibility index (Phi) is 7.41. The zero-order valence-electron chi connectivity index (χ0n) is 20.7. The van der Waals surface area contributed by atoms with Gasteiger partial charge in [-0.15, -0.1) is 0 Å². The van der Waals surface area contributed by atoms with Crippen LogP contribution in [0.4, 0.5) is 16.2 Å². The quantitative estimate of drug-likeness (QED) is 0.253. The SMILES string of the molecule is COC(=O)Nc1ccc2c(c1)NC(=O)C/C=C\CC(NC(=O)c1cc(-c3cccc(Cl)c3)no1)c1ncc-2[nH]1. The molecular weight excluding hydrogens is 524 g/mol. The molecule has 0 saturated heterocycles. The lowest BCUT2D eigenvalue weighted by molar-refractivity contribution is -0.115. The van der Waals surface area contributed by atoms with Gasteiger partial charge in [0.05, 0.1) is 30.7 Å². The van der Waals surface area contributed by atoms with Crippen molar-refractivity contribution in [3.63, 3.8) is 0 Å². The summed E-state index contributed by atoms with van der Waals surface area (Å²) in [7, 11) is 1.26. The van der Waals surface area contributed by atoms with Crippen LogP contribution >= 0.6 is 11.6 Å². The van der Waals surface area contributed by atoms with Gasteiger partial charge >= 0.3 is 6.09 Å². The van der Waals surface area contributed by atoms with Crippen LogP contribution in [0.1, 0.15) is 35.3 Å². The van der Waals surface area contributed by atoms with Crippen molar-refractivity contribution in [1.82, 2.24) is 20.4 Å². The summed E-state index contributed by atoms with van der Waals surface area (Å²) in [5, 5.41) is 12.9. The molecule has 3 heterocycles. The molecule has 3 amide bonds. The van der Waals surface area contributed by atoms with Gasteiger partial charge in [0.2, 0.25) is 11.7 Å². The zero-order chi connectivity index (χ0) is 27.4. The molecule has 4 aromatic rings. The van der Waals surface area contributed by atoms with Gasteiger partial charge in [0.1, 0.15) is 11.5 Å². The van der Waals surface area contributed by atoms with Crippen molar-refractivity contribution in [2.45, 2.75) is 18.9 Å². The maximum Gasteiger partial charge on any atom is 0.411 e. The summed E-state index contributed by atoms with van der Waals surface area (Å²) in [6.45, 7) is 0. The van der Waals surface area contributed by atoms with Gasteiger partial charge in [0.15, 0.2) is 0 Å². The first-order valence-electron chi connectivity index (χ1n) is 11.9. The first kappa shape index (κ1) is 25.7. The van der Waals surface area contributed by atoms with Crippen molar-refractivity contribution in [3.8, 4) is 22.5 Å². The number of anilines is 2. The molecule has 2 aromatic heterocycles. The Morgan fingerprint density at radius 3 is 2.85 bits per heavy atom. The highest BCUT2D eigenvalue weighted by Crippen LogP contribution is 2.32. The number of benzene rings is 2. The Hall–Kier alpha value is -4.90. The topological polar surface area (TPSA) is 151 Å². The third-order valence-corrected chi connectivity index (χ3v) is 6.18. The fraction of sp³-hybridized carbons (Fsp3) is 0.148. The Morgan fingerprint density at radius 1 is 1.15 bits per heavy atom. The minimum atomic E-state index is -0.633. The zero-order valence-corrected chi connectivity index (χ0v) is 21.4. The second-order valence-electron chi connectivity index (χ2n) is 8.63. The molecule has 1 aliphatic rings. The fourth-order valence-electron chi connectivity index (χ4n) is 4.04. The second kappa shape index (κ2) is 11.2. The summed E-state index contributed by atoms with van der Waals surface area (Å²) < 4.78 is 9.94. The lowest BCUT2D eigenvalue weighted by atomic mass is 10.1. The summed E-state index contributed by atoms with van der Waals surface area (Å²) in [4.78, 5) is 45.0. The molecule has 2 aromatic carbocycles. The molecule has 198 valence electrons. The molecule has 11 nitrogen and oxygen atoms in total. The van der Waals surface area contributed by atoms with Crippen LogP contribution in [0.5, 0.6) is 0 Å². The van der Waals surface area contributed by atoms with Crippen LogP contribution in [0.25, 0.3) is 22.5 Å². The number of halogens is 1. The molecule has 0 aliphatic carbocycles. The van der Waals surface area contributed by atoms with Crippen LogP contribution in [0.15, 0.2) is 71.4 Å². The Balaban J connectivity index is 1.41. The number of rotatable bonds is 4. The van der Waals surface area contributed by atoms with E-state index in [9.17, 15) is 14.4 Å². The lowest BCUT2D eigenvalue weighted by Gasteiger charge is -2.16. The number of ether oxygens (including phenoxy) is 1. The van der Waals surface area contributed by atoms with Crippen LogP contribution in [0.2, 0.25) is 5.02 Å². The van der Waals surface area contributed by atoms with Gasteiger partial charge in [0.25, 0.3) is 5.91 Å². The minimum absolute atomic E-state index is 0.0298. The number of fused-ring (bicyclic) bond motifs is 4. The molecule has 12 heteroatoms. The van der Waals surface area contributed by atoms with E-state index in [0.717, 1.165) is 5.56 Å². The highest BCUT2D eigenvalue weighted by molar-refractivity contribution is 6.30.